The molecule has 0 N–H and O–H groups in total. The second-order valence-electron chi connectivity index (χ2n) is 14.1. The predicted octanol–water partition coefficient (Wildman–Crippen LogP) is 3.06. The molecule has 51 heavy (non-hydrogen) atoms. The van der Waals surface area contributed by atoms with Crippen LogP contribution in [0.2, 0.25) is 0 Å². The number of anilines is 2. The van der Waals surface area contributed by atoms with Gasteiger partial charge in [-0.3, -0.25) is 14.5 Å². The summed E-state index contributed by atoms with van der Waals surface area (Å²) in [5.41, 5.74) is 5.42. The number of fused-ring (bicyclic) bond motifs is 3. The first-order valence-corrected chi connectivity index (χ1v) is 19.1. The van der Waals surface area contributed by atoms with Crippen LogP contribution in [0.25, 0.3) is 11.0 Å². The number of aryl methyl sites for hydroxylation is 2. The summed E-state index contributed by atoms with van der Waals surface area (Å²) in [6.45, 7) is 9.01. The molecule has 1 amide bonds. The van der Waals surface area contributed by atoms with Crippen molar-refractivity contribution in [2.75, 3.05) is 96.8 Å². The molecule has 0 saturated carbocycles. The van der Waals surface area contributed by atoms with Gasteiger partial charge in [0.15, 0.2) is 5.78 Å². The van der Waals surface area contributed by atoms with Gasteiger partial charge in [-0.05, 0) is 69.5 Å². The molecule has 2 fully saturated rings. The molecule has 1 atom stereocenters. The van der Waals surface area contributed by atoms with Crippen LogP contribution in [0, 0.1) is 13.8 Å². The summed E-state index contributed by atoms with van der Waals surface area (Å²) in [5.74, 6) is -1.50. The van der Waals surface area contributed by atoms with E-state index in [1.165, 1.54) is 27.3 Å². The summed E-state index contributed by atoms with van der Waals surface area (Å²) in [6, 6.07) is 5.60. The molecule has 2 aromatic carbocycles. The molecule has 3 aliphatic heterocycles. The van der Waals surface area contributed by atoms with Crippen LogP contribution in [-0.4, -0.2) is 127 Å². The molecule has 0 radical (unpaired) electrons. The molecule has 0 spiro atoms. The van der Waals surface area contributed by atoms with Gasteiger partial charge in [-0.15, -0.1) is 0 Å². The number of carbonyl (C=O) groups excluding carboxylic acids is 2. The Kier molecular flexibility index (Phi) is 10.5. The quantitative estimate of drug-likeness (QED) is 0.226. The minimum atomic E-state index is -3.84. The summed E-state index contributed by atoms with van der Waals surface area (Å²) >= 11 is 0. The second kappa shape index (κ2) is 14.6. The van der Waals surface area contributed by atoms with Crippen LogP contribution in [-0.2, 0) is 27.7 Å². The number of nitrogens with zero attached hydrogens (tertiary/aromatic N) is 5. The van der Waals surface area contributed by atoms with Crippen molar-refractivity contribution in [2.24, 2.45) is 0 Å². The lowest BCUT2D eigenvalue weighted by Crippen LogP contribution is -2.53. The lowest BCUT2D eigenvalue weighted by atomic mass is 9.92. The van der Waals surface area contributed by atoms with Crippen molar-refractivity contribution in [1.82, 2.24) is 14.1 Å². The minimum absolute atomic E-state index is 0.0763. The topological polar surface area (TPSA) is 133 Å². The van der Waals surface area contributed by atoms with E-state index in [4.69, 9.17) is 13.9 Å². The fraction of sp³-hybridized carbons (Fsp3) is 0.541. The number of rotatable bonds is 10. The standard InChI is InChI=1S/C37H49N5O8S/c1-23-16-29(41-15-14-39(5)26(19-41)21-48-6)24(2)35-33(23)27-10-13-42(20-28(27)37(45)50-35)36(44)25-17-30(40-11-8-9-12-40)34(32(18-25)49-7)31(43)22-51(46,47)38(3)4/h16-18,26H,8-15,19-22H2,1-7H3/t26-/m1/s1. The van der Waals surface area contributed by atoms with Gasteiger partial charge in [0, 0.05) is 82.7 Å². The van der Waals surface area contributed by atoms with Gasteiger partial charge in [0.05, 0.1) is 43.1 Å². The first-order valence-electron chi connectivity index (χ1n) is 17.5. The molecular weight excluding hydrogens is 675 g/mol. The van der Waals surface area contributed by atoms with Crippen molar-refractivity contribution in [3.8, 4) is 5.75 Å². The van der Waals surface area contributed by atoms with Gasteiger partial charge in [0.1, 0.15) is 17.1 Å². The van der Waals surface area contributed by atoms with E-state index < -0.39 is 27.2 Å². The molecule has 13 nitrogen and oxygen atoms in total. The fourth-order valence-electron chi connectivity index (χ4n) is 7.71. The highest BCUT2D eigenvalue weighted by Crippen LogP contribution is 2.38. The smallest absolute Gasteiger partial charge is 0.341 e. The summed E-state index contributed by atoms with van der Waals surface area (Å²) in [6.07, 6.45) is 2.28. The molecule has 0 bridgehead atoms. The first-order chi connectivity index (χ1) is 24.2. The van der Waals surface area contributed by atoms with E-state index in [1.807, 2.05) is 18.7 Å². The van der Waals surface area contributed by atoms with Crippen LogP contribution in [0.3, 0.4) is 0 Å². The highest BCUT2D eigenvalue weighted by atomic mass is 32.2. The Morgan fingerprint density at radius 3 is 2.35 bits per heavy atom. The third kappa shape index (κ3) is 6.98. The Labute approximate surface area is 299 Å². The highest BCUT2D eigenvalue weighted by molar-refractivity contribution is 7.89. The van der Waals surface area contributed by atoms with Crippen molar-refractivity contribution in [1.29, 1.82) is 0 Å². The Bertz CT molecular complexity index is 2020. The number of piperazine rings is 1. The number of hydrogen-bond acceptors (Lipinski definition) is 11. The monoisotopic (exact) mass is 723 g/mol. The van der Waals surface area contributed by atoms with Gasteiger partial charge in [0.25, 0.3) is 5.91 Å². The minimum Gasteiger partial charge on any atom is -0.496 e. The number of Topliss-reactive ketones (excluding diaryl/α,β-unsaturated/α-hetero) is 1. The van der Waals surface area contributed by atoms with Crippen LogP contribution in [0.15, 0.2) is 27.4 Å². The van der Waals surface area contributed by atoms with E-state index in [9.17, 15) is 22.8 Å². The number of ether oxygens (including phenoxy) is 2. The number of sulfonamides is 1. The Hall–Kier alpha value is -3.98. The first kappa shape index (κ1) is 36.8. The van der Waals surface area contributed by atoms with Gasteiger partial charge in [-0.1, -0.05) is 0 Å². The van der Waals surface area contributed by atoms with Gasteiger partial charge < -0.3 is 28.6 Å². The summed E-state index contributed by atoms with van der Waals surface area (Å²) in [4.78, 5) is 49.7. The summed E-state index contributed by atoms with van der Waals surface area (Å²) < 4.78 is 43.5. The van der Waals surface area contributed by atoms with Crippen LogP contribution in [0.5, 0.6) is 5.75 Å². The molecule has 0 aliphatic carbocycles. The van der Waals surface area contributed by atoms with Gasteiger partial charge in [0.2, 0.25) is 10.0 Å². The van der Waals surface area contributed by atoms with Crippen molar-refractivity contribution in [3.05, 3.63) is 62.0 Å². The van der Waals surface area contributed by atoms with Crippen molar-refractivity contribution in [3.63, 3.8) is 0 Å². The van der Waals surface area contributed by atoms with E-state index in [0.717, 1.165) is 64.5 Å². The molecule has 3 aromatic rings. The van der Waals surface area contributed by atoms with Crippen LogP contribution in [0.4, 0.5) is 11.4 Å². The molecule has 276 valence electrons. The molecule has 0 unspecified atom stereocenters. The lowest BCUT2D eigenvalue weighted by molar-refractivity contribution is 0.0732. The van der Waals surface area contributed by atoms with Crippen molar-refractivity contribution < 1.29 is 31.9 Å². The molecular formula is C37H49N5O8S. The maximum Gasteiger partial charge on any atom is 0.341 e. The van der Waals surface area contributed by atoms with E-state index in [-0.39, 0.29) is 29.8 Å². The number of ketones is 1. The Balaban J connectivity index is 1.33. The number of amides is 1. The van der Waals surface area contributed by atoms with Crippen LogP contribution < -0.4 is 20.2 Å². The molecule has 6 rings (SSSR count). The van der Waals surface area contributed by atoms with Crippen LogP contribution in [0.1, 0.15) is 55.8 Å². The number of hydrogen-bond donors (Lipinski definition) is 0. The number of benzene rings is 2. The highest BCUT2D eigenvalue weighted by Gasteiger charge is 2.33. The average molecular weight is 724 g/mol. The SMILES string of the molecule is COC[C@H]1CN(c2cc(C)c3c4c(c(=O)oc3c2C)CN(C(=O)c2cc(OC)c(C(=O)CS(=O)(=O)N(C)C)c(N3CCCC3)c2)CC4)CCN1C. The Morgan fingerprint density at radius 2 is 1.69 bits per heavy atom. The maximum absolute atomic E-state index is 14.2. The molecule has 3 aliphatic rings. The predicted molar refractivity (Wildman–Crippen MR) is 197 cm³/mol. The lowest BCUT2D eigenvalue weighted by Gasteiger charge is -2.41. The van der Waals surface area contributed by atoms with Gasteiger partial charge >= 0.3 is 5.63 Å². The van der Waals surface area contributed by atoms with E-state index in [1.54, 1.807) is 18.1 Å². The van der Waals surface area contributed by atoms with Crippen molar-refractivity contribution in [2.45, 2.75) is 45.7 Å². The molecule has 2 saturated heterocycles. The zero-order valence-electron chi connectivity index (χ0n) is 30.7. The fourth-order valence-corrected chi connectivity index (χ4v) is 8.45. The maximum atomic E-state index is 14.2. The van der Waals surface area contributed by atoms with Gasteiger partial charge in [-0.2, -0.15) is 0 Å². The molecule has 4 heterocycles. The largest absolute Gasteiger partial charge is 0.496 e. The number of likely N-dealkylation sites (N-methyl/N-ethyl adjacent to an activating group) is 1. The van der Waals surface area contributed by atoms with E-state index in [0.29, 0.717) is 55.1 Å². The Morgan fingerprint density at radius 1 is 0.961 bits per heavy atom. The van der Waals surface area contributed by atoms with Crippen molar-refractivity contribution >= 4 is 44.1 Å². The normalized spacial score (nSPS) is 18.5. The number of methoxy groups -OCH3 is 2. The molecule has 14 heteroatoms. The average Bonchev–Trinajstić information content (AvgIpc) is 3.65. The van der Waals surface area contributed by atoms with Gasteiger partial charge in [-0.25, -0.2) is 17.5 Å². The molecule has 1 aromatic heterocycles. The van der Waals surface area contributed by atoms with E-state index in [2.05, 4.69) is 22.9 Å². The van der Waals surface area contributed by atoms with Crippen LogP contribution >= 0.6 is 0 Å². The third-order valence-corrected chi connectivity index (χ3v) is 12.4. The number of carbonyl (C=O) groups is 2. The zero-order chi connectivity index (χ0) is 36.8. The summed E-state index contributed by atoms with van der Waals surface area (Å²) in [5, 5.41) is 0.925. The summed E-state index contributed by atoms with van der Waals surface area (Å²) in [7, 11) is 4.17. The third-order valence-electron chi connectivity index (χ3n) is 10.7. The zero-order valence-corrected chi connectivity index (χ0v) is 31.5. The van der Waals surface area contributed by atoms with E-state index >= 15 is 0 Å². The second-order valence-corrected chi connectivity index (χ2v) is 16.3.